The molecule has 0 amide bonds. The molecule has 1 atom stereocenters. The van der Waals surface area contributed by atoms with Gasteiger partial charge in [0.15, 0.2) is 0 Å². The van der Waals surface area contributed by atoms with Crippen LogP contribution in [0, 0.1) is 0 Å². The Hall–Kier alpha value is -0.370. The topological polar surface area (TPSA) is 66.8 Å². The number of nitrogens with zero attached hydrogens (tertiary/aromatic N) is 1. The lowest BCUT2D eigenvalue weighted by Gasteiger charge is -2.30. The molecule has 0 bridgehead atoms. The number of benzene rings is 1. The number of hydrogen-bond donors (Lipinski definition) is 1. The Morgan fingerprint density at radius 2 is 2.15 bits per heavy atom. The first-order valence-electron chi connectivity index (χ1n) is 6.07. The minimum Gasteiger partial charge on any atom is -0.392 e. The summed E-state index contributed by atoms with van der Waals surface area (Å²) in [5, 5.41) is 9.46. The largest absolute Gasteiger partial charge is 0.392 e. The van der Waals surface area contributed by atoms with Crippen molar-refractivity contribution in [2.75, 3.05) is 19.7 Å². The Labute approximate surface area is 128 Å². The summed E-state index contributed by atoms with van der Waals surface area (Å²) in [6.45, 7) is 2.29. The van der Waals surface area contributed by atoms with Crippen LogP contribution in [0.25, 0.3) is 0 Å². The van der Waals surface area contributed by atoms with Crippen molar-refractivity contribution in [1.29, 1.82) is 0 Å². The Bertz CT molecular complexity index is 606. The van der Waals surface area contributed by atoms with Crippen LogP contribution in [0.2, 0.25) is 10.0 Å². The fourth-order valence-electron chi connectivity index (χ4n) is 2.06. The van der Waals surface area contributed by atoms with Crippen LogP contribution in [0.4, 0.5) is 0 Å². The van der Waals surface area contributed by atoms with Crippen molar-refractivity contribution in [3.63, 3.8) is 0 Å². The van der Waals surface area contributed by atoms with Gasteiger partial charge in [0.1, 0.15) is 4.90 Å². The van der Waals surface area contributed by atoms with E-state index in [9.17, 15) is 13.5 Å². The lowest BCUT2D eigenvalue weighted by atomic mass is 10.2. The zero-order chi connectivity index (χ0) is 14.9. The molecule has 20 heavy (non-hydrogen) atoms. The summed E-state index contributed by atoms with van der Waals surface area (Å²) in [4.78, 5) is -0.0401. The van der Waals surface area contributed by atoms with E-state index in [2.05, 4.69) is 0 Å². The van der Waals surface area contributed by atoms with E-state index in [0.717, 1.165) is 0 Å². The molecule has 0 aliphatic carbocycles. The number of hydrogen-bond acceptors (Lipinski definition) is 4. The average molecular weight is 340 g/mol. The van der Waals surface area contributed by atoms with Gasteiger partial charge in [-0.25, -0.2) is 8.42 Å². The predicted octanol–water partition coefficient (Wildman–Crippen LogP) is 1.90. The fourth-order valence-corrected chi connectivity index (χ4v) is 4.44. The van der Waals surface area contributed by atoms with Gasteiger partial charge in [-0.05, 0) is 19.1 Å². The van der Waals surface area contributed by atoms with E-state index in [0.29, 0.717) is 6.61 Å². The number of aliphatic hydroxyl groups is 1. The lowest BCUT2D eigenvalue weighted by Crippen LogP contribution is -2.44. The number of halogens is 2. The number of aliphatic hydroxyl groups excluding tert-OH is 1. The quantitative estimate of drug-likeness (QED) is 0.913. The highest BCUT2D eigenvalue weighted by Gasteiger charge is 2.31. The minimum absolute atomic E-state index is 0.0286. The van der Waals surface area contributed by atoms with Gasteiger partial charge in [-0.3, -0.25) is 0 Å². The monoisotopic (exact) mass is 339 g/mol. The number of morpholine rings is 1. The molecule has 1 aliphatic rings. The molecule has 0 saturated carbocycles. The van der Waals surface area contributed by atoms with Gasteiger partial charge in [0.25, 0.3) is 0 Å². The first-order valence-corrected chi connectivity index (χ1v) is 8.27. The van der Waals surface area contributed by atoms with Gasteiger partial charge in [-0.15, -0.1) is 0 Å². The third-order valence-corrected chi connectivity index (χ3v) is 5.94. The Balaban J connectivity index is 2.44. The molecule has 1 aliphatic heterocycles. The van der Waals surface area contributed by atoms with Crippen molar-refractivity contribution in [2.24, 2.45) is 0 Å². The van der Waals surface area contributed by atoms with Crippen LogP contribution in [0.1, 0.15) is 12.5 Å². The highest BCUT2D eigenvalue weighted by molar-refractivity contribution is 7.89. The standard InChI is InChI=1S/C12H15Cl2NO4S/c1-8-6-15(4-5-19-8)20(17,18)11-3-2-10(13)9(7-16)12(11)14/h2-3,8,16H,4-7H2,1H3. The Morgan fingerprint density at radius 3 is 2.75 bits per heavy atom. The summed E-state index contributed by atoms with van der Waals surface area (Å²) < 4.78 is 31.9. The molecule has 1 N–H and O–H groups in total. The van der Waals surface area contributed by atoms with Crippen molar-refractivity contribution in [3.05, 3.63) is 27.7 Å². The molecule has 0 aromatic heterocycles. The first kappa shape index (κ1) is 16.0. The van der Waals surface area contributed by atoms with E-state index >= 15 is 0 Å². The second kappa shape index (κ2) is 6.17. The van der Waals surface area contributed by atoms with Gasteiger partial charge in [-0.2, -0.15) is 4.31 Å². The first-order chi connectivity index (χ1) is 9.37. The molecule has 112 valence electrons. The minimum atomic E-state index is -3.72. The van der Waals surface area contributed by atoms with E-state index < -0.39 is 16.6 Å². The summed E-state index contributed by atoms with van der Waals surface area (Å²) >= 11 is 12.0. The highest BCUT2D eigenvalue weighted by atomic mass is 35.5. The molecule has 1 unspecified atom stereocenters. The third kappa shape index (κ3) is 2.95. The molecule has 5 nitrogen and oxygen atoms in total. The zero-order valence-electron chi connectivity index (χ0n) is 10.8. The maximum Gasteiger partial charge on any atom is 0.244 e. The van der Waals surface area contributed by atoms with Gasteiger partial charge in [-0.1, -0.05) is 23.2 Å². The van der Waals surface area contributed by atoms with Crippen molar-refractivity contribution in [2.45, 2.75) is 24.5 Å². The summed E-state index contributed by atoms with van der Waals surface area (Å²) in [7, 11) is -3.72. The SMILES string of the molecule is CC1CN(S(=O)(=O)c2ccc(Cl)c(CO)c2Cl)CCO1. The van der Waals surface area contributed by atoms with E-state index in [1.54, 1.807) is 0 Å². The third-order valence-electron chi connectivity index (χ3n) is 3.13. The molecule has 8 heteroatoms. The molecular formula is C12H15Cl2NO4S. The molecule has 1 saturated heterocycles. The number of rotatable bonds is 3. The molecular weight excluding hydrogens is 325 g/mol. The highest BCUT2D eigenvalue weighted by Crippen LogP contribution is 2.33. The van der Waals surface area contributed by atoms with Crippen LogP contribution < -0.4 is 0 Å². The van der Waals surface area contributed by atoms with Gasteiger partial charge < -0.3 is 9.84 Å². The van der Waals surface area contributed by atoms with Gasteiger partial charge in [0.05, 0.1) is 24.3 Å². The zero-order valence-corrected chi connectivity index (χ0v) is 13.2. The molecule has 1 heterocycles. The van der Waals surface area contributed by atoms with Crippen molar-refractivity contribution in [1.82, 2.24) is 4.31 Å². The van der Waals surface area contributed by atoms with Crippen LogP contribution in [0.3, 0.4) is 0 Å². The normalized spacial score (nSPS) is 21.1. The van der Waals surface area contributed by atoms with Crippen molar-refractivity contribution >= 4 is 33.2 Å². The van der Waals surface area contributed by atoms with E-state index in [1.807, 2.05) is 6.92 Å². The number of ether oxygens (including phenoxy) is 1. The van der Waals surface area contributed by atoms with E-state index in [1.165, 1.54) is 16.4 Å². The second-order valence-electron chi connectivity index (χ2n) is 4.54. The Kier molecular flexibility index (Phi) is 4.94. The predicted molar refractivity (Wildman–Crippen MR) is 76.6 cm³/mol. The summed E-state index contributed by atoms with van der Waals surface area (Å²) in [6, 6.07) is 2.79. The van der Waals surface area contributed by atoms with Crippen LogP contribution in [-0.2, 0) is 21.4 Å². The average Bonchev–Trinajstić information content (AvgIpc) is 2.39. The molecule has 1 aromatic carbocycles. The molecule has 0 radical (unpaired) electrons. The van der Waals surface area contributed by atoms with Crippen LogP contribution >= 0.6 is 23.2 Å². The maximum atomic E-state index is 12.6. The number of sulfonamides is 1. The lowest BCUT2D eigenvalue weighted by molar-refractivity contribution is 0.0102. The van der Waals surface area contributed by atoms with Crippen LogP contribution in [0.5, 0.6) is 0 Å². The van der Waals surface area contributed by atoms with Crippen molar-refractivity contribution < 1.29 is 18.3 Å². The molecule has 2 rings (SSSR count). The summed E-state index contributed by atoms with van der Waals surface area (Å²) in [5.74, 6) is 0. The van der Waals surface area contributed by atoms with Crippen molar-refractivity contribution in [3.8, 4) is 0 Å². The van der Waals surface area contributed by atoms with Gasteiger partial charge in [0.2, 0.25) is 10.0 Å². The molecule has 1 aromatic rings. The Morgan fingerprint density at radius 1 is 1.45 bits per heavy atom. The summed E-state index contributed by atoms with van der Waals surface area (Å²) in [6.07, 6.45) is -0.165. The van der Waals surface area contributed by atoms with Crippen LogP contribution in [0.15, 0.2) is 17.0 Å². The second-order valence-corrected chi connectivity index (χ2v) is 7.23. The molecule has 0 spiro atoms. The van der Waals surface area contributed by atoms with E-state index in [-0.39, 0.29) is 39.7 Å². The fraction of sp³-hybridized carbons (Fsp3) is 0.500. The smallest absolute Gasteiger partial charge is 0.244 e. The van der Waals surface area contributed by atoms with E-state index in [4.69, 9.17) is 27.9 Å². The van der Waals surface area contributed by atoms with Gasteiger partial charge in [0, 0.05) is 23.7 Å². The molecule has 1 fully saturated rings. The maximum absolute atomic E-state index is 12.6. The van der Waals surface area contributed by atoms with Gasteiger partial charge >= 0.3 is 0 Å². The van der Waals surface area contributed by atoms with Crippen LogP contribution in [-0.4, -0.2) is 43.6 Å². The summed E-state index contributed by atoms with van der Waals surface area (Å²) in [5.41, 5.74) is 0.218.